The largest absolute Gasteiger partial charge is 0.357 e. The Balaban J connectivity index is 1.80. The third-order valence-electron chi connectivity index (χ3n) is 5.24. The van der Waals surface area contributed by atoms with E-state index in [0.717, 1.165) is 21.9 Å². The lowest BCUT2D eigenvalue weighted by Crippen LogP contribution is -2.46. The van der Waals surface area contributed by atoms with Crippen LogP contribution in [0.25, 0.3) is 10.8 Å². The highest BCUT2D eigenvalue weighted by Crippen LogP contribution is 2.24. The van der Waals surface area contributed by atoms with Crippen molar-refractivity contribution in [1.82, 2.24) is 10.2 Å². The number of rotatable bonds is 7. The van der Waals surface area contributed by atoms with Crippen molar-refractivity contribution in [2.24, 2.45) is 0 Å². The molecule has 0 aromatic heterocycles. The van der Waals surface area contributed by atoms with Crippen LogP contribution < -0.4 is 5.32 Å². The summed E-state index contributed by atoms with van der Waals surface area (Å²) in [4.78, 5) is 27.0. The van der Waals surface area contributed by atoms with Gasteiger partial charge < -0.3 is 10.2 Å². The number of halogens is 2. The van der Waals surface area contributed by atoms with E-state index >= 15 is 0 Å². The lowest BCUT2D eigenvalue weighted by Gasteiger charge is -2.28. The van der Waals surface area contributed by atoms with Gasteiger partial charge in [0.1, 0.15) is 6.04 Å². The molecule has 1 atom stereocenters. The van der Waals surface area contributed by atoms with E-state index < -0.39 is 6.04 Å². The molecule has 30 heavy (non-hydrogen) atoms. The second kappa shape index (κ2) is 9.96. The van der Waals surface area contributed by atoms with Crippen molar-refractivity contribution in [1.29, 1.82) is 0 Å². The molecule has 3 rings (SSSR count). The zero-order chi connectivity index (χ0) is 21.7. The van der Waals surface area contributed by atoms with Crippen LogP contribution in [0.4, 0.5) is 0 Å². The molecule has 0 aliphatic rings. The van der Waals surface area contributed by atoms with E-state index in [4.69, 9.17) is 23.2 Å². The lowest BCUT2D eigenvalue weighted by atomic mass is 10.0. The smallest absolute Gasteiger partial charge is 0.242 e. The minimum Gasteiger partial charge on any atom is -0.357 e. The molecule has 0 radical (unpaired) electrons. The van der Waals surface area contributed by atoms with Crippen molar-refractivity contribution in [3.8, 4) is 0 Å². The Hall–Kier alpha value is -2.56. The molecule has 1 N–H and O–H groups in total. The first kappa shape index (κ1) is 22.1. The molecular formula is C24H24Cl2N2O2. The molecule has 4 nitrogen and oxygen atoms in total. The van der Waals surface area contributed by atoms with Crippen LogP contribution in [-0.2, 0) is 22.6 Å². The van der Waals surface area contributed by atoms with E-state index in [1.165, 1.54) is 0 Å². The first-order chi connectivity index (χ1) is 14.4. The molecular weight excluding hydrogens is 419 g/mol. The van der Waals surface area contributed by atoms with Gasteiger partial charge in [-0.1, -0.05) is 71.7 Å². The van der Waals surface area contributed by atoms with Crippen LogP contribution in [0.1, 0.15) is 24.5 Å². The van der Waals surface area contributed by atoms with Gasteiger partial charge >= 0.3 is 0 Å². The average Bonchev–Trinajstić information content (AvgIpc) is 2.77. The van der Waals surface area contributed by atoms with E-state index in [1.54, 1.807) is 31.0 Å². The van der Waals surface area contributed by atoms with Gasteiger partial charge in [0.15, 0.2) is 0 Å². The Morgan fingerprint density at radius 2 is 1.73 bits per heavy atom. The maximum absolute atomic E-state index is 13.2. The SMILES string of the molecule is CNC(=O)C(C)N(Cc1ccc(Cl)c(Cl)c1)C(=O)CCc1cccc2ccccc12. The molecule has 0 spiro atoms. The second-order valence-corrected chi connectivity index (χ2v) is 8.01. The molecule has 0 heterocycles. The zero-order valence-corrected chi connectivity index (χ0v) is 18.5. The third-order valence-corrected chi connectivity index (χ3v) is 5.98. The highest BCUT2D eigenvalue weighted by atomic mass is 35.5. The molecule has 0 saturated carbocycles. The number of aryl methyl sites for hydroxylation is 1. The Kier molecular flexibility index (Phi) is 7.35. The van der Waals surface area contributed by atoms with Crippen molar-refractivity contribution < 1.29 is 9.59 Å². The number of benzene rings is 3. The first-order valence-corrected chi connectivity index (χ1v) is 10.6. The van der Waals surface area contributed by atoms with Crippen LogP contribution in [0.3, 0.4) is 0 Å². The molecule has 0 bridgehead atoms. The Morgan fingerprint density at radius 3 is 2.47 bits per heavy atom. The summed E-state index contributed by atoms with van der Waals surface area (Å²) in [5, 5.41) is 5.79. The maximum atomic E-state index is 13.2. The average molecular weight is 443 g/mol. The van der Waals surface area contributed by atoms with Gasteiger partial charge in [0.05, 0.1) is 10.0 Å². The van der Waals surface area contributed by atoms with Crippen molar-refractivity contribution in [3.63, 3.8) is 0 Å². The fraction of sp³-hybridized carbons (Fsp3) is 0.250. The molecule has 1 unspecified atom stereocenters. The summed E-state index contributed by atoms with van der Waals surface area (Å²) in [5.74, 6) is -0.307. The predicted molar refractivity (Wildman–Crippen MR) is 123 cm³/mol. The van der Waals surface area contributed by atoms with Crippen molar-refractivity contribution >= 4 is 45.8 Å². The van der Waals surface area contributed by atoms with Crippen LogP contribution in [0.2, 0.25) is 10.0 Å². The summed E-state index contributed by atoms with van der Waals surface area (Å²) in [7, 11) is 1.57. The third kappa shape index (κ3) is 5.13. The summed E-state index contributed by atoms with van der Waals surface area (Å²) < 4.78 is 0. The number of carbonyl (C=O) groups is 2. The number of hydrogen-bond donors (Lipinski definition) is 1. The van der Waals surface area contributed by atoms with Crippen molar-refractivity contribution in [2.45, 2.75) is 32.4 Å². The Labute approximate surface area is 186 Å². The van der Waals surface area contributed by atoms with Gasteiger partial charge in [-0.25, -0.2) is 0 Å². The highest BCUT2D eigenvalue weighted by molar-refractivity contribution is 6.42. The fourth-order valence-electron chi connectivity index (χ4n) is 3.52. The van der Waals surface area contributed by atoms with Crippen LogP contribution in [0, 0.1) is 0 Å². The van der Waals surface area contributed by atoms with Gasteiger partial charge in [0, 0.05) is 20.0 Å². The van der Waals surface area contributed by atoms with Crippen LogP contribution in [-0.4, -0.2) is 29.8 Å². The van der Waals surface area contributed by atoms with Gasteiger partial charge in [0.2, 0.25) is 11.8 Å². The Bertz CT molecular complexity index is 1060. The molecule has 156 valence electrons. The summed E-state index contributed by atoms with van der Waals surface area (Å²) in [6, 6.07) is 18.9. The molecule has 6 heteroatoms. The molecule has 3 aromatic rings. The first-order valence-electron chi connectivity index (χ1n) is 9.82. The van der Waals surface area contributed by atoms with Gasteiger partial charge in [-0.3, -0.25) is 9.59 Å². The Morgan fingerprint density at radius 1 is 1.00 bits per heavy atom. The van der Waals surface area contributed by atoms with Crippen molar-refractivity contribution in [3.05, 3.63) is 81.8 Å². The predicted octanol–water partition coefficient (Wildman–Crippen LogP) is 5.24. The summed E-state index contributed by atoms with van der Waals surface area (Å²) >= 11 is 12.1. The second-order valence-electron chi connectivity index (χ2n) is 7.20. The number of amides is 2. The maximum Gasteiger partial charge on any atom is 0.242 e. The van der Waals surface area contributed by atoms with E-state index in [0.29, 0.717) is 22.9 Å². The quantitative estimate of drug-likeness (QED) is 0.543. The van der Waals surface area contributed by atoms with E-state index in [9.17, 15) is 9.59 Å². The number of carbonyl (C=O) groups excluding carboxylic acids is 2. The summed E-state index contributed by atoms with van der Waals surface area (Å²) in [6.07, 6.45) is 0.898. The normalized spacial score (nSPS) is 11.9. The van der Waals surface area contributed by atoms with E-state index in [-0.39, 0.29) is 18.4 Å². The van der Waals surface area contributed by atoms with Crippen molar-refractivity contribution in [2.75, 3.05) is 7.05 Å². The summed E-state index contributed by atoms with van der Waals surface area (Å²) in [6.45, 7) is 2.01. The summed E-state index contributed by atoms with van der Waals surface area (Å²) in [5.41, 5.74) is 1.93. The van der Waals surface area contributed by atoms with Crippen LogP contribution in [0.15, 0.2) is 60.7 Å². The minimum atomic E-state index is -0.607. The number of hydrogen-bond acceptors (Lipinski definition) is 2. The lowest BCUT2D eigenvalue weighted by molar-refractivity contribution is -0.140. The molecule has 0 fully saturated rings. The van der Waals surface area contributed by atoms with E-state index in [2.05, 4.69) is 23.5 Å². The number of likely N-dealkylation sites (N-methyl/N-ethyl adjacent to an activating group) is 1. The monoisotopic (exact) mass is 442 g/mol. The fourth-order valence-corrected chi connectivity index (χ4v) is 3.84. The molecule has 2 amide bonds. The molecule has 3 aromatic carbocycles. The van der Waals surface area contributed by atoms with Gasteiger partial charge in [-0.05, 0) is 47.4 Å². The highest BCUT2D eigenvalue weighted by Gasteiger charge is 2.25. The molecule has 0 aliphatic carbocycles. The number of nitrogens with zero attached hydrogens (tertiary/aromatic N) is 1. The molecule has 0 aliphatic heterocycles. The van der Waals surface area contributed by atoms with Gasteiger partial charge in [0.25, 0.3) is 0 Å². The van der Waals surface area contributed by atoms with Crippen LogP contribution in [0.5, 0.6) is 0 Å². The van der Waals surface area contributed by atoms with E-state index in [1.807, 2.05) is 30.3 Å². The number of nitrogens with one attached hydrogen (secondary N) is 1. The topological polar surface area (TPSA) is 49.4 Å². The van der Waals surface area contributed by atoms with Crippen LogP contribution >= 0.6 is 23.2 Å². The zero-order valence-electron chi connectivity index (χ0n) is 17.0. The van der Waals surface area contributed by atoms with Gasteiger partial charge in [-0.2, -0.15) is 0 Å². The number of fused-ring (bicyclic) bond motifs is 1. The standard InChI is InChI=1S/C24H24Cl2N2O2/c1-16(24(30)27-2)28(15-17-10-12-21(25)22(26)14-17)23(29)13-11-19-8-5-7-18-6-3-4-9-20(18)19/h3-10,12,14,16H,11,13,15H2,1-2H3,(H,27,30). The molecule has 0 saturated heterocycles. The minimum absolute atomic E-state index is 0.0925. The van der Waals surface area contributed by atoms with Gasteiger partial charge in [-0.15, -0.1) is 0 Å².